The van der Waals surface area contributed by atoms with Gasteiger partial charge in [-0.1, -0.05) is 37.3 Å². The number of aliphatic hydroxyl groups excluding tert-OH is 1. The molecule has 5 heteroatoms. The maximum Gasteiger partial charge on any atom is 0.211 e. The van der Waals surface area contributed by atoms with Crippen molar-refractivity contribution in [1.29, 1.82) is 0 Å². The van der Waals surface area contributed by atoms with E-state index < -0.39 is 10.0 Å². The monoisotopic (exact) mass is 285 g/mol. The molecule has 1 atom stereocenters. The number of aliphatic hydroxyl groups is 1. The number of hydrogen-bond donors (Lipinski definition) is 2. The van der Waals surface area contributed by atoms with E-state index in [0.717, 1.165) is 6.42 Å². The van der Waals surface area contributed by atoms with Gasteiger partial charge in [0.1, 0.15) is 0 Å². The molecule has 2 N–H and O–H groups in total. The zero-order valence-corrected chi connectivity index (χ0v) is 12.2. The Morgan fingerprint density at radius 2 is 1.89 bits per heavy atom. The summed E-state index contributed by atoms with van der Waals surface area (Å²) in [5.74, 6) is 0.425. The second kappa shape index (κ2) is 8.30. The van der Waals surface area contributed by atoms with Crippen LogP contribution in [0, 0.1) is 0 Å². The summed E-state index contributed by atoms with van der Waals surface area (Å²) in [6.07, 6.45) is 1.81. The van der Waals surface area contributed by atoms with Gasteiger partial charge >= 0.3 is 0 Å². The molecule has 0 aromatic heterocycles. The number of nitrogens with one attached hydrogen (secondary N) is 1. The number of unbranched alkanes of at least 4 members (excludes halogenated alkanes) is 1. The van der Waals surface area contributed by atoms with Crippen LogP contribution in [-0.2, 0) is 10.0 Å². The minimum Gasteiger partial charge on any atom is -0.396 e. The Bertz CT molecular complexity index is 445. The highest BCUT2D eigenvalue weighted by atomic mass is 32.2. The molecule has 1 aromatic carbocycles. The standard InChI is InChI=1S/C14H23NO3S/c1-13(14-7-3-2-4-8-14)9-10-15-19(17,18)12-6-5-11-16/h2-4,7-8,13,15-16H,5-6,9-12H2,1H3. The Balaban J connectivity index is 2.30. The third-order valence-corrected chi connectivity index (χ3v) is 4.56. The average Bonchev–Trinajstić information content (AvgIpc) is 2.39. The van der Waals surface area contributed by atoms with Crippen molar-refractivity contribution < 1.29 is 13.5 Å². The van der Waals surface area contributed by atoms with Crippen LogP contribution in [0.5, 0.6) is 0 Å². The van der Waals surface area contributed by atoms with Crippen molar-refractivity contribution in [1.82, 2.24) is 4.72 Å². The van der Waals surface area contributed by atoms with Crippen LogP contribution < -0.4 is 4.72 Å². The Morgan fingerprint density at radius 1 is 1.21 bits per heavy atom. The number of sulfonamides is 1. The van der Waals surface area contributed by atoms with Gasteiger partial charge in [0.2, 0.25) is 10.0 Å². The van der Waals surface area contributed by atoms with Gasteiger partial charge in [0, 0.05) is 13.2 Å². The largest absolute Gasteiger partial charge is 0.396 e. The van der Waals surface area contributed by atoms with Gasteiger partial charge in [0.15, 0.2) is 0 Å². The van der Waals surface area contributed by atoms with Gasteiger partial charge < -0.3 is 5.11 Å². The lowest BCUT2D eigenvalue weighted by Crippen LogP contribution is -2.28. The Labute approximate surface area is 115 Å². The third kappa shape index (κ3) is 6.71. The van der Waals surface area contributed by atoms with E-state index >= 15 is 0 Å². The maximum absolute atomic E-state index is 11.6. The Kier molecular flexibility index (Phi) is 7.05. The highest BCUT2D eigenvalue weighted by Crippen LogP contribution is 2.17. The van der Waals surface area contributed by atoms with E-state index in [1.54, 1.807) is 0 Å². The van der Waals surface area contributed by atoms with Gasteiger partial charge in [-0.3, -0.25) is 0 Å². The SMILES string of the molecule is CC(CCNS(=O)(=O)CCCCO)c1ccccc1. The van der Waals surface area contributed by atoms with Crippen molar-refractivity contribution in [3.63, 3.8) is 0 Å². The van der Waals surface area contributed by atoms with E-state index in [-0.39, 0.29) is 12.4 Å². The normalized spacial score (nSPS) is 13.4. The van der Waals surface area contributed by atoms with E-state index in [1.807, 2.05) is 18.2 Å². The maximum atomic E-state index is 11.6. The van der Waals surface area contributed by atoms with Crippen molar-refractivity contribution in [2.45, 2.75) is 32.1 Å². The Morgan fingerprint density at radius 3 is 2.53 bits per heavy atom. The minimum absolute atomic E-state index is 0.0422. The van der Waals surface area contributed by atoms with E-state index in [4.69, 9.17) is 5.11 Å². The zero-order valence-electron chi connectivity index (χ0n) is 11.4. The van der Waals surface area contributed by atoms with Gasteiger partial charge in [-0.2, -0.15) is 0 Å². The van der Waals surface area contributed by atoms with Gasteiger partial charge in [-0.05, 0) is 30.7 Å². The van der Waals surface area contributed by atoms with E-state index in [1.165, 1.54) is 5.56 Å². The molecule has 0 saturated heterocycles. The molecule has 0 bridgehead atoms. The van der Waals surface area contributed by atoms with Gasteiger partial charge in [-0.25, -0.2) is 13.1 Å². The van der Waals surface area contributed by atoms with Crippen LogP contribution in [0.4, 0.5) is 0 Å². The van der Waals surface area contributed by atoms with Crippen LogP contribution in [0.2, 0.25) is 0 Å². The van der Waals surface area contributed by atoms with Crippen molar-refractivity contribution in [2.75, 3.05) is 18.9 Å². The number of rotatable bonds is 9. The first-order valence-electron chi connectivity index (χ1n) is 6.68. The van der Waals surface area contributed by atoms with E-state index in [2.05, 4.69) is 23.8 Å². The molecular formula is C14H23NO3S. The molecule has 0 aliphatic carbocycles. The number of hydrogen-bond acceptors (Lipinski definition) is 3. The lowest BCUT2D eigenvalue weighted by atomic mass is 9.98. The smallest absolute Gasteiger partial charge is 0.211 e. The fourth-order valence-corrected chi connectivity index (χ4v) is 3.01. The molecule has 0 heterocycles. The van der Waals surface area contributed by atoms with Gasteiger partial charge in [0.05, 0.1) is 5.75 Å². The second-order valence-corrected chi connectivity index (χ2v) is 6.67. The van der Waals surface area contributed by atoms with Crippen LogP contribution in [-0.4, -0.2) is 32.4 Å². The minimum atomic E-state index is -3.19. The lowest BCUT2D eigenvalue weighted by molar-refractivity contribution is 0.287. The molecule has 0 aliphatic heterocycles. The summed E-state index contributed by atoms with van der Waals surface area (Å²) in [5.41, 5.74) is 1.22. The molecular weight excluding hydrogens is 262 g/mol. The quantitative estimate of drug-likeness (QED) is 0.681. The fraction of sp³-hybridized carbons (Fsp3) is 0.571. The molecule has 1 rings (SSSR count). The topological polar surface area (TPSA) is 66.4 Å². The van der Waals surface area contributed by atoms with E-state index in [9.17, 15) is 8.42 Å². The summed E-state index contributed by atoms with van der Waals surface area (Å²) in [6, 6.07) is 10.1. The molecule has 4 nitrogen and oxygen atoms in total. The molecule has 0 radical (unpaired) electrons. The molecule has 0 amide bonds. The molecule has 0 saturated carbocycles. The lowest BCUT2D eigenvalue weighted by Gasteiger charge is -2.12. The molecule has 0 fully saturated rings. The summed E-state index contributed by atoms with van der Waals surface area (Å²) in [7, 11) is -3.19. The first kappa shape index (κ1) is 16.1. The van der Waals surface area contributed by atoms with E-state index in [0.29, 0.717) is 25.3 Å². The fourth-order valence-electron chi connectivity index (χ4n) is 1.86. The Hall–Kier alpha value is -0.910. The van der Waals surface area contributed by atoms with Crippen LogP contribution in [0.3, 0.4) is 0 Å². The van der Waals surface area contributed by atoms with Crippen LogP contribution in [0.15, 0.2) is 30.3 Å². The average molecular weight is 285 g/mol. The first-order chi connectivity index (χ1) is 9.05. The van der Waals surface area contributed by atoms with Crippen LogP contribution in [0.1, 0.15) is 37.7 Å². The molecule has 1 unspecified atom stereocenters. The predicted molar refractivity (Wildman–Crippen MR) is 77.6 cm³/mol. The summed E-state index contributed by atoms with van der Waals surface area (Å²) < 4.78 is 25.9. The van der Waals surface area contributed by atoms with Crippen LogP contribution in [0.25, 0.3) is 0 Å². The highest BCUT2D eigenvalue weighted by molar-refractivity contribution is 7.89. The van der Waals surface area contributed by atoms with Crippen LogP contribution >= 0.6 is 0 Å². The highest BCUT2D eigenvalue weighted by Gasteiger charge is 2.10. The van der Waals surface area contributed by atoms with Gasteiger partial charge in [-0.15, -0.1) is 0 Å². The van der Waals surface area contributed by atoms with Crippen molar-refractivity contribution in [2.24, 2.45) is 0 Å². The molecule has 1 aromatic rings. The predicted octanol–water partition coefficient (Wildman–Crippen LogP) is 1.87. The van der Waals surface area contributed by atoms with Gasteiger partial charge in [0.25, 0.3) is 0 Å². The second-order valence-electron chi connectivity index (χ2n) is 4.74. The zero-order chi connectivity index (χ0) is 14.1. The third-order valence-electron chi connectivity index (χ3n) is 3.09. The summed E-state index contributed by atoms with van der Waals surface area (Å²) >= 11 is 0. The summed E-state index contributed by atoms with van der Waals surface area (Å²) in [4.78, 5) is 0. The summed E-state index contributed by atoms with van der Waals surface area (Å²) in [6.45, 7) is 2.59. The summed E-state index contributed by atoms with van der Waals surface area (Å²) in [5, 5.41) is 8.62. The molecule has 19 heavy (non-hydrogen) atoms. The van der Waals surface area contributed by atoms with Crippen molar-refractivity contribution >= 4 is 10.0 Å². The first-order valence-corrected chi connectivity index (χ1v) is 8.33. The van der Waals surface area contributed by atoms with Crippen molar-refractivity contribution in [3.05, 3.63) is 35.9 Å². The molecule has 0 aliphatic rings. The molecule has 0 spiro atoms. The number of benzene rings is 1. The van der Waals surface area contributed by atoms with Crippen molar-refractivity contribution in [3.8, 4) is 0 Å². The molecule has 108 valence electrons.